The fourth-order valence-electron chi connectivity index (χ4n) is 3.31. The third-order valence-corrected chi connectivity index (χ3v) is 5.79. The average Bonchev–Trinajstić information content (AvgIpc) is 2.86. The molecule has 1 heterocycles. The first-order valence-corrected chi connectivity index (χ1v) is 8.22. The molecule has 2 nitrogen and oxygen atoms in total. The van der Waals surface area contributed by atoms with Crippen LogP contribution in [0.25, 0.3) is 0 Å². The van der Waals surface area contributed by atoms with E-state index >= 15 is 0 Å². The third-order valence-electron chi connectivity index (χ3n) is 4.56. The van der Waals surface area contributed by atoms with Crippen molar-refractivity contribution in [2.24, 2.45) is 11.3 Å². The summed E-state index contributed by atoms with van der Waals surface area (Å²) in [7, 11) is 0. The lowest BCUT2D eigenvalue weighted by Crippen LogP contribution is -2.38. The van der Waals surface area contributed by atoms with Crippen LogP contribution in [0, 0.1) is 11.3 Å². The van der Waals surface area contributed by atoms with Crippen molar-refractivity contribution in [3.63, 3.8) is 0 Å². The predicted molar refractivity (Wildman–Crippen MR) is 79.7 cm³/mol. The van der Waals surface area contributed by atoms with Crippen LogP contribution in [0.4, 0.5) is 0 Å². The van der Waals surface area contributed by atoms with Crippen molar-refractivity contribution in [1.29, 1.82) is 0 Å². The fourth-order valence-corrected chi connectivity index (χ4v) is 4.41. The molecule has 1 saturated carbocycles. The fraction of sp³-hybridized carbons (Fsp3) is 0.688. The first-order chi connectivity index (χ1) is 9.09. The van der Waals surface area contributed by atoms with Gasteiger partial charge in [-0.2, -0.15) is 0 Å². The maximum Gasteiger partial charge on any atom is 0.310 e. The van der Waals surface area contributed by atoms with Gasteiger partial charge in [-0.05, 0) is 43.7 Å². The molecule has 3 heteroatoms. The molecule has 1 aliphatic carbocycles. The molecule has 1 aromatic rings. The zero-order valence-corrected chi connectivity index (χ0v) is 12.8. The largest absolute Gasteiger partial charge is 0.481 e. The summed E-state index contributed by atoms with van der Waals surface area (Å²) in [6.45, 7) is 4.33. The number of aliphatic carboxylic acids is 1. The zero-order chi connectivity index (χ0) is 13.9. The Morgan fingerprint density at radius 3 is 2.74 bits per heavy atom. The normalized spacial score (nSPS) is 27.4. The molecule has 0 spiro atoms. The second-order valence-electron chi connectivity index (χ2n) is 5.85. The first-order valence-electron chi connectivity index (χ1n) is 7.40. The molecule has 1 fully saturated rings. The van der Waals surface area contributed by atoms with Crippen LogP contribution < -0.4 is 0 Å². The van der Waals surface area contributed by atoms with E-state index in [0.29, 0.717) is 5.92 Å². The quantitative estimate of drug-likeness (QED) is 0.860. The number of rotatable bonds is 5. The summed E-state index contributed by atoms with van der Waals surface area (Å²) in [6.07, 6.45) is 6.86. The van der Waals surface area contributed by atoms with Gasteiger partial charge in [0.15, 0.2) is 0 Å². The van der Waals surface area contributed by atoms with Gasteiger partial charge in [0, 0.05) is 9.75 Å². The number of hydrogen-bond donors (Lipinski definition) is 1. The van der Waals surface area contributed by atoms with Gasteiger partial charge in [-0.15, -0.1) is 11.3 Å². The molecule has 2 rings (SSSR count). The van der Waals surface area contributed by atoms with Crippen molar-refractivity contribution in [2.75, 3.05) is 0 Å². The van der Waals surface area contributed by atoms with Crippen LogP contribution in [0.15, 0.2) is 12.1 Å². The molecule has 2 atom stereocenters. The summed E-state index contributed by atoms with van der Waals surface area (Å²) in [6, 6.07) is 4.28. The Morgan fingerprint density at radius 1 is 1.42 bits per heavy atom. The summed E-state index contributed by atoms with van der Waals surface area (Å²) >= 11 is 1.79. The molecule has 0 aromatic carbocycles. The molecule has 19 heavy (non-hydrogen) atoms. The monoisotopic (exact) mass is 280 g/mol. The van der Waals surface area contributed by atoms with E-state index in [4.69, 9.17) is 0 Å². The highest BCUT2D eigenvalue weighted by Crippen LogP contribution is 2.44. The van der Waals surface area contributed by atoms with E-state index in [-0.39, 0.29) is 0 Å². The molecule has 0 amide bonds. The Hall–Kier alpha value is -0.830. The Kier molecular flexibility index (Phi) is 4.67. The van der Waals surface area contributed by atoms with Crippen molar-refractivity contribution in [3.8, 4) is 0 Å². The van der Waals surface area contributed by atoms with Gasteiger partial charge in [0.2, 0.25) is 0 Å². The first kappa shape index (κ1) is 14.6. The summed E-state index contributed by atoms with van der Waals surface area (Å²) < 4.78 is 0. The SMILES string of the molecule is CCc1ccc(CC2(C(=O)O)CCCC(CC)C2)s1. The van der Waals surface area contributed by atoms with Crippen LogP contribution in [0.3, 0.4) is 0 Å². The van der Waals surface area contributed by atoms with Gasteiger partial charge in [0.05, 0.1) is 5.41 Å². The van der Waals surface area contributed by atoms with E-state index in [1.54, 1.807) is 11.3 Å². The number of carbonyl (C=O) groups is 1. The number of carboxylic acids is 1. The van der Waals surface area contributed by atoms with Gasteiger partial charge in [-0.3, -0.25) is 4.79 Å². The molecule has 0 aliphatic heterocycles. The Balaban J connectivity index is 2.17. The lowest BCUT2D eigenvalue weighted by atomic mass is 9.67. The van der Waals surface area contributed by atoms with E-state index in [1.807, 2.05) is 0 Å². The molecular formula is C16H24O2S. The standard InChI is InChI=1S/C16H24O2S/c1-3-12-6-5-9-16(10-12,15(17)18)11-14-8-7-13(4-2)19-14/h7-8,12H,3-6,9-11H2,1-2H3,(H,17,18). The van der Waals surface area contributed by atoms with Crippen LogP contribution in [-0.2, 0) is 17.6 Å². The Morgan fingerprint density at radius 2 is 2.16 bits per heavy atom. The van der Waals surface area contributed by atoms with Gasteiger partial charge in [0.25, 0.3) is 0 Å². The third kappa shape index (κ3) is 3.19. The molecule has 106 valence electrons. The molecular weight excluding hydrogens is 256 g/mol. The van der Waals surface area contributed by atoms with Gasteiger partial charge >= 0.3 is 5.97 Å². The van der Waals surface area contributed by atoms with Crippen molar-refractivity contribution in [1.82, 2.24) is 0 Å². The smallest absolute Gasteiger partial charge is 0.310 e. The Bertz CT molecular complexity index is 438. The highest BCUT2D eigenvalue weighted by molar-refractivity contribution is 7.12. The predicted octanol–water partition coefficient (Wildman–Crippen LogP) is 4.52. The maximum absolute atomic E-state index is 11.8. The second kappa shape index (κ2) is 6.08. The summed E-state index contributed by atoms with van der Waals surface area (Å²) in [5.74, 6) is 0.00700. The molecule has 0 bridgehead atoms. The lowest BCUT2D eigenvalue weighted by molar-refractivity contribution is -0.152. The van der Waals surface area contributed by atoms with Crippen LogP contribution in [0.2, 0.25) is 0 Å². The van der Waals surface area contributed by atoms with Crippen molar-refractivity contribution in [2.45, 2.75) is 58.8 Å². The Labute approximate surface area is 119 Å². The van der Waals surface area contributed by atoms with Gasteiger partial charge in [-0.1, -0.05) is 33.1 Å². The van der Waals surface area contributed by atoms with E-state index in [1.165, 1.54) is 16.2 Å². The van der Waals surface area contributed by atoms with Crippen LogP contribution in [0.1, 0.15) is 55.7 Å². The molecule has 0 saturated heterocycles. The van der Waals surface area contributed by atoms with Gasteiger partial charge in [0.1, 0.15) is 0 Å². The minimum absolute atomic E-state index is 0.505. The number of thiophene rings is 1. The van der Waals surface area contributed by atoms with E-state index in [0.717, 1.165) is 38.5 Å². The maximum atomic E-state index is 11.8. The highest BCUT2D eigenvalue weighted by atomic mass is 32.1. The lowest BCUT2D eigenvalue weighted by Gasteiger charge is -2.37. The topological polar surface area (TPSA) is 37.3 Å². The summed E-state index contributed by atoms with van der Waals surface area (Å²) in [5.41, 5.74) is -0.505. The number of hydrogen-bond acceptors (Lipinski definition) is 2. The summed E-state index contributed by atoms with van der Waals surface area (Å²) in [4.78, 5) is 14.4. The molecule has 2 unspecified atom stereocenters. The van der Waals surface area contributed by atoms with Gasteiger partial charge in [-0.25, -0.2) is 0 Å². The molecule has 0 radical (unpaired) electrons. The van der Waals surface area contributed by atoms with E-state index in [9.17, 15) is 9.90 Å². The highest BCUT2D eigenvalue weighted by Gasteiger charge is 2.42. The van der Waals surface area contributed by atoms with Crippen LogP contribution in [-0.4, -0.2) is 11.1 Å². The van der Waals surface area contributed by atoms with Crippen LogP contribution >= 0.6 is 11.3 Å². The van der Waals surface area contributed by atoms with Crippen molar-refractivity contribution < 1.29 is 9.90 Å². The second-order valence-corrected chi connectivity index (χ2v) is 7.11. The minimum atomic E-state index is -0.586. The molecule has 1 N–H and O–H groups in total. The van der Waals surface area contributed by atoms with Crippen LogP contribution in [0.5, 0.6) is 0 Å². The van der Waals surface area contributed by atoms with Gasteiger partial charge < -0.3 is 5.11 Å². The number of carboxylic acid groups (broad SMARTS) is 1. The molecule has 1 aliphatic rings. The minimum Gasteiger partial charge on any atom is -0.481 e. The van der Waals surface area contributed by atoms with Crippen molar-refractivity contribution >= 4 is 17.3 Å². The van der Waals surface area contributed by atoms with Crippen molar-refractivity contribution in [3.05, 3.63) is 21.9 Å². The average molecular weight is 280 g/mol. The number of aryl methyl sites for hydroxylation is 1. The van der Waals surface area contributed by atoms with E-state index < -0.39 is 11.4 Å². The zero-order valence-electron chi connectivity index (χ0n) is 11.9. The summed E-state index contributed by atoms with van der Waals surface area (Å²) in [5, 5.41) is 9.73. The van der Waals surface area contributed by atoms with E-state index in [2.05, 4.69) is 26.0 Å². The molecule has 1 aromatic heterocycles.